The zero-order chi connectivity index (χ0) is 24.7. The summed E-state index contributed by atoms with van der Waals surface area (Å²) in [7, 11) is 0. The van der Waals surface area contributed by atoms with Gasteiger partial charge in [-0.05, 0) is 68.7 Å². The molecule has 0 bridgehead atoms. The van der Waals surface area contributed by atoms with Gasteiger partial charge in [0, 0.05) is 43.6 Å². The van der Waals surface area contributed by atoms with Crippen LogP contribution in [0, 0.1) is 11.7 Å². The lowest BCUT2D eigenvalue weighted by Crippen LogP contribution is -2.57. The Morgan fingerprint density at radius 2 is 1.86 bits per heavy atom. The molecule has 1 N–H and O–H groups in total. The van der Waals surface area contributed by atoms with Crippen LogP contribution in [0.1, 0.15) is 65.3 Å². The number of hydrogen-bond acceptors (Lipinski definition) is 5. The van der Waals surface area contributed by atoms with Crippen molar-refractivity contribution in [3.05, 3.63) is 62.3 Å². The van der Waals surface area contributed by atoms with Gasteiger partial charge in [0.05, 0.1) is 11.3 Å². The Labute approximate surface area is 202 Å². The molecular weight excluding hydrogens is 451 g/mol. The number of aromatic nitrogens is 2. The number of H-pyrrole nitrogens is 1. The van der Waals surface area contributed by atoms with E-state index >= 15 is 0 Å². The fourth-order valence-corrected chi connectivity index (χ4v) is 5.19. The molecule has 3 aliphatic rings. The molecule has 5 rings (SSSR count). The van der Waals surface area contributed by atoms with Crippen molar-refractivity contribution in [3.8, 4) is 0 Å². The Kier molecular flexibility index (Phi) is 6.25. The number of Topliss-reactive ketones (excluding diaryl/α,β-unsaturated/α-hetero) is 1. The minimum atomic E-state index is -0.606. The number of nitrogens with zero attached hydrogens (tertiary/aromatic N) is 3. The van der Waals surface area contributed by atoms with Crippen LogP contribution in [0.4, 0.5) is 4.39 Å². The lowest BCUT2D eigenvalue weighted by atomic mass is 9.90. The number of carbonyl (C=O) groups excluding carboxylic acids is 3. The summed E-state index contributed by atoms with van der Waals surface area (Å²) >= 11 is 0. The van der Waals surface area contributed by atoms with Gasteiger partial charge < -0.3 is 9.80 Å². The Hall–Kier alpha value is -3.36. The van der Waals surface area contributed by atoms with Gasteiger partial charge in [-0.3, -0.25) is 19.2 Å². The van der Waals surface area contributed by atoms with Crippen LogP contribution in [0.25, 0.3) is 0 Å². The molecule has 1 aliphatic heterocycles. The number of benzene rings is 1. The summed E-state index contributed by atoms with van der Waals surface area (Å²) in [5.41, 5.74) is 3.06. The number of ketones is 1. The van der Waals surface area contributed by atoms with Gasteiger partial charge in [-0.15, -0.1) is 0 Å². The van der Waals surface area contributed by atoms with Crippen molar-refractivity contribution in [2.45, 2.75) is 57.9 Å². The molecule has 2 fully saturated rings. The quantitative estimate of drug-likeness (QED) is 0.660. The van der Waals surface area contributed by atoms with E-state index < -0.39 is 17.6 Å². The standard InChI is InChI=1S/C26H29FN4O4/c1-15-14-30(10-11-31(15)26(35)23(32)17-7-8-17)25(34)20-12-16(6-9-21(20)27)13-22-18-4-2-3-5-19(18)24(33)29-28-22/h6,9,12,15,17H,2-5,7-8,10-11,13-14H2,1H3,(H,29,33)/t15-/m1/s1. The first-order valence-corrected chi connectivity index (χ1v) is 12.3. The van der Waals surface area contributed by atoms with Gasteiger partial charge in [0.15, 0.2) is 0 Å². The number of amides is 2. The summed E-state index contributed by atoms with van der Waals surface area (Å²) in [5, 5.41) is 6.82. The van der Waals surface area contributed by atoms with Crippen LogP contribution < -0.4 is 5.56 Å². The van der Waals surface area contributed by atoms with Gasteiger partial charge in [-0.25, -0.2) is 9.49 Å². The van der Waals surface area contributed by atoms with E-state index in [0.717, 1.165) is 60.9 Å². The van der Waals surface area contributed by atoms with Crippen molar-refractivity contribution in [1.29, 1.82) is 0 Å². The molecule has 184 valence electrons. The average molecular weight is 481 g/mol. The second-order valence-electron chi connectivity index (χ2n) is 9.89. The van der Waals surface area contributed by atoms with Crippen molar-refractivity contribution in [1.82, 2.24) is 20.0 Å². The number of aromatic amines is 1. The lowest BCUT2D eigenvalue weighted by molar-refractivity contribution is -0.148. The number of halogens is 1. The summed E-state index contributed by atoms with van der Waals surface area (Å²) in [6.07, 6.45) is 5.42. The van der Waals surface area contributed by atoms with Crippen LogP contribution in [0.5, 0.6) is 0 Å². The van der Waals surface area contributed by atoms with E-state index in [1.54, 1.807) is 24.0 Å². The van der Waals surface area contributed by atoms with E-state index in [1.165, 1.54) is 11.0 Å². The molecule has 35 heavy (non-hydrogen) atoms. The maximum Gasteiger partial charge on any atom is 0.290 e. The maximum absolute atomic E-state index is 14.7. The first-order valence-electron chi connectivity index (χ1n) is 12.3. The molecule has 8 nitrogen and oxygen atoms in total. The summed E-state index contributed by atoms with van der Waals surface area (Å²) in [4.78, 5) is 53.1. The third kappa shape index (κ3) is 4.63. The second-order valence-corrected chi connectivity index (χ2v) is 9.89. The fourth-order valence-electron chi connectivity index (χ4n) is 5.19. The fraction of sp³-hybridized carbons (Fsp3) is 0.500. The molecule has 1 atom stereocenters. The molecule has 0 radical (unpaired) electrons. The normalized spacial score (nSPS) is 19.9. The molecular formula is C26H29FN4O4. The number of rotatable bonds is 5. The summed E-state index contributed by atoms with van der Waals surface area (Å²) in [6, 6.07) is 4.15. The molecule has 1 aromatic carbocycles. The van der Waals surface area contributed by atoms with Crippen LogP contribution >= 0.6 is 0 Å². The second kappa shape index (κ2) is 9.36. The summed E-state index contributed by atoms with van der Waals surface area (Å²) < 4.78 is 14.7. The predicted molar refractivity (Wildman–Crippen MR) is 126 cm³/mol. The molecule has 1 saturated heterocycles. The summed E-state index contributed by atoms with van der Waals surface area (Å²) in [5.74, 6) is -2.00. The van der Waals surface area contributed by atoms with Crippen molar-refractivity contribution in [2.24, 2.45) is 5.92 Å². The van der Waals surface area contributed by atoms with E-state index in [2.05, 4.69) is 10.2 Å². The maximum atomic E-state index is 14.7. The van der Waals surface area contributed by atoms with E-state index in [1.807, 2.05) is 0 Å². The van der Waals surface area contributed by atoms with Gasteiger partial charge in [-0.2, -0.15) is 5.10 Å². The Morgan fingerprint density at radius 1 is 1.11 bits per heavy atom. The minimum Gasteiger partial charge on any atom is -0.335 e. The third-order valence-corrected chi connectivity index (χ3v) is 7.35. The van der Waals surface area contributed by atoms with Crippen molar-refractivity contribution < 1.29 is 18.8 Å². The highest BCUT2D eigenvalue weighted by molar-refractivity contribution is 6.37. The highest BCUT2D eigenvalue weighted by atomic mass is 19.1. The van der Waals surface area contributed by atoms with Crippen LogP contribution in [-0.4, -0.2) is 63.3 Å². The average Bonchev–Trinajstić information content (AvgIpc) is 3.71. The highest BCUT2D eigenvalue weighted by Gasteiger charge is 2.40. The van der Waals surface area contributed by atoms with Gasteiger partial charge in [0.2, 0.25) is 5.78 Å². The van der Waals surface area contributed by atoms with E-state index in [0.29, 0.717) is 6.42 Å². The topological polar surface area (TPSA) is 103 Å². The molecule has 2 heterocycles. The predicted octanol–water partition coefficient (Wildman–Crippen LogP) is 2.03. The number of carbonyl (C=O) groups is 3. The summed E-state index contributed by atoms with van der Waals surface area (Å²) in [6.45, 7) is 2.53. The lowest BCUT2D eigenvalue weighted by Gasteiger charge is -2.39. The van der Waals surface area contributed by atoms with E-state index in [-0.39, 0.29) is 48.5 Å². The zero-order valence-corrected chi connectivity index (χ0v) is 19.8. The first-order chi connectivity index (χ1) is 16.8. The van der Waals surface area contributed by atoms with Crippen molar-refractivity contribution in [2.75, 3.05) is 19.6 Å². The molecule has 0 spiro atoms. The van der Waals surface area contributed by atoms with Crippen LogP contribution in [0.3, 0.4) is 0 Å². The number of piperazine rings is 1. The van der Waals surface area contributed by atoms with Gasteiger partial charge in [0.25, 0.3) is 17.4 Å². The SMILES string of the molecule is C[C@@H]1CN(C(=O)c2cc(Cc3n[nH]c(=O)c4c3CCCC4)ccc2F)CCN1C(=O)C(=O)C1CC1. The third-order valence-electron chi connectivity index (χ3n) is 7.35. The Bertz CT molecular complexity index is 1250. The largest absolute Gasteiger partial charge is 0.335 e. The molecule has 2 amide bonds. The van der Waals surface area contributed by atoms with Crippen molar-refractivity contribution in [3.63, 3.8) is 0 Å². The smallest absolute Gasteiger partial charge is 0.290 e. The monoisotopic (exact) mass is 480 g/mol. The van der Waals surface area contributed by atoms with Crippen LogP contribution in [-0.2, 0) is 28.9 Å². The zero-order valence-electron chi connectivity index (χ0n) is 19.8. The molecule has 0 unspecified atom stereocenters. The van der Waals surface area contributed by atoms with Gasteiger partial charge >= 0.3 is 0 Å². The molecule has 1 aromatic heterocycles. The molecule has 1 saturated carbocycles. The molecule has 2 aliphatic carbocycles. The van der Waals surface area contributed by atoms with Crippen molar-refractivity contribution >= 4 is 17.6 Å². The Balaban J connectivity index is 1.31. The highest BCUT2D eigenvalue weighted by Crippen LogP contribution is 2.31. The van der Waals surface area contributed by atoms with Crippen LogP contribution in [0.2, 0.25) is 0 Å². The van der Waals surface area contributed by atoms with E-state index in [9.17, 15) is 23.6 Å². The Morgan fingerprint density at radius 3 is 2.57 bits per heavy atom. The number of hydrogen-bond donors (Lipinski definition) is 1. The number of fused-ring (bicyclic) bond motifs is 1. The van der Waals surface area contributed by atoms with Crippen LogP contribution in [0.15, 0.2) is 23.0 Å². The first kappa shape index (κ1) is 23.4. The number of nitrogens with one attached hydrogen (secondary N) is 1. The van der Waals surface area contributed by atoms with Gasteiger partial charge in [-0.1, -0.05) is 6.07 Å². The molecule has 2 aromatic rings. The van der Waals surface area contributed by atoms with E-state index in [4.69, 9.17) is 0 Å². The minimum absolute atomic E-state index is 0.0261. The molecule has 9 heteroatoms. The van der Waals surface area contributed by atoms with Gasteiger partial charge in [0.1, 0.15) is 5.82 Å².